The largest absolute Gasteiger partial charge is 0.440 e. The highest BCUT2D eigenvalue weighted by Gasteiger charge is 2.38. The molecule has 3 nitrogen and oxygen atoms in total. The van der Waals surface area contributed by atoms with Crippen molar-refractivity contribution in [1.29, 1.82) is 5.26 Å². The highest BCUT2D eigenvalue weighted by atomic mass is 19.4. The fourth-order valence-electron chi connectivity index (χ4n) is 1.94. The average molecular weight is 254 g/mol. The maximum absolute atomic E-state index is 12.6. The van der Waals surface area contributed by atoms with Gasteiger partial charge in [0.25, 0.3) is 0 Å². The topological polar surface area (TPSA) is 59.0 Å². The molecule has 0 saturated carbocycles. The van der Waals surface area contributed by atoms with E-state index in [9.17, 15) is 13.2 Å². The summed E-state index contributed by atoms with van der Waals surface area (Å²) in [6.45, 7) is 0. The summed E-state index contributed by atoms with van der Waals surface area (Å²) in [6.07, 6.45) is -5.51. The standard InChI is InChI=1S/C12H9F3N2O/c13-12(14,15)5-8-7-3-1-2-4-10(7)18-11(17)9(8)6-16/h1-4,8H,5,17H2. The van der Waals surface area contributed by atoms with Gasteiger partial charge < -0.3 is 10.5 Å². The highest BCUT2D eigenvalue weighted by molar-refractivity contribution is 5.49. The number of halogens is 3. The Kier molecular flexibility index (Phi) is 2.91. The normalized spacial score (nSPS) is 18.9. The maximum Gasteiger partial charge on any atom is 0.390 e. The van der Waals surface area contributed by atoms with Crippen LogP contribution in [0.15, 0.2) is 35.7 Å². The first-order valence-corrected chi connectivity index (χ1v) is 5.15. The smallest absolute Gasteiger partial charge is 0.390 e. The van der Waals surface area contributed by atoms with Crippen molar-refractivity contribution in [3.8, 4) is 11.8 Å². The molecular formula is C12H9F3N2O. The zero-order valence-electron chi connectivity index (χ0n) is 9.16. The molecule has 2 rings (SSSR count). The van der Waals surface area contributed by atoms with Crippen molar-refractivity contribution in [2.75, 3.05) is 0 Å². The Hall–Kier alpha value is -2.16. The third-order valence-electron chi connectivity index (χ3n) is 2.68. The van der Waals surface area contributed by atoms with Gasteiger partial charge in [0.2, 0.25) is 5.88 Å². The lowest BCUT2D eigenvalue weighted by molar-refractivity contribution is -0.137. The average Bonchev–Trinajstić information content (AvgIpc) is 2.27. The summed E-state index contributed by atoms with van der Waals surface area (Å²) in [5.41, 5.74) is 5.64. The molecule has 2 N–H and O–H groups in total. The third kappa shape index (κ3) is 2.25. The van der Waals surface area contributed by atoms with Crippen LogP contribution in [0.4, 0.5) is 13.2 Å². The third-order valence-corrected chi connectivity index (χ3v) is 2.68. The maximum atomic E-state index is 12.6. The lowest BCUT2D eigenvalue weighted by atomic mass is 9.86. The van der Waals surface area contributed by atoms with Gasteiger partial charge in [-0.15, -0.1) is 0 Å². The zero-order valence-corrected chi connectivity index (χ0v) is 9.16. The number of allylic oxidation sites excluding steroid dienone is 1. The molecule has 1 aromatic rings. The minimum absolute atomic E-state index is 0.175. The minimum atomic E-state index is -4.38. The van der Waals surface area contributed by atoms with Crippen molar-refractivity contribution in [3.05, 3.63) is 41.3 Å². The number of rotatable bonds is 1. The molecule has 1 atom stereocenters. The lowest BCUT2D eigenvalue weighted by Crippen LogP contribution is -2.24. The summed E-state index contributed by atoms with van der Waals surface area (Å²) in [4.78, 5) is 0. The Morgan fingerprint density at radius 1 is 1.33 bits per heavy atom. The fraction of sp³-hybridized carbons (Fsp3) is 0.250. The number of hydrogen-bond donors (Lipinski definition) is 1. The summed E-state index contributed by atoms with van der Waals surface area (Å²) in [7, 11) is 0. The summed E-state index contributed by atoms with van der Waals surface area (Å²) < 4.78 is 42.8. The Morgan fingerprint density at radius 3 is 2.61 bits per heavy atom. The first-order chi connectivity index (χ1) is 8.42. The van der Waals surface area contributed by atoms with E-state index in [1.807, 2.05) is 0 Å². The molecule has 1 aromatic carbocycles. The minimum Gasteiger partial charge on any atom is -0.440 e. The highest BCUT2D eigenvalue weighted by Crippen LogP contribution is 2.43. The van der Waals surface area contributed by atoms with Crippen LogP contribution >= 0.6 is 0 Å². The van der Waals surface area contributed by atoms with E-state index in [0.717, 1.165) is 0 Å². The van der Waals surface area contributed by atoms with E-state index in [4.69, 9.17) is 15.7 Å². The molecule has 0 bridgehead atoms. The lowest BCUT2D eigenvalue weighted by Gasteiger charge is -2.26. The molecule has 6 heteroatoms. The van der Waals surface area contributed by atoms with Gasteiger partial charge in [-0.2, -0.15) is 18.4 Å². The number of benzene rings is 1. The van der Waals surface area contributed by atoms with E-state index in [-0.39, 0.29) is 17.2 Å². The fourth-order valence-corrected chi connectivity index (χ4v) is 1.94. The molecule has 0 saturated heterocycles. The van der Waals surface area contributed by atoms with E-state index in [1.165, 1.54) is 12.1 Å². The van der Waals surface area contributed by atoms with Crippen LogP contribution < -0.4 is 10.5 Å². The van der Waals surface area contributed by atoms with Crippen molar-refractivity contribution in [1.82, 2.24) is 0 Å². The van der Waals surface area contributed by atoms with Gasteiger partial charge in [0.05, 0.1) is 12.0 Å². The van der Waals surface area contributed by atoms with Crippen LogP contribution in [-0.4, -0.2) is 6.18 Å². The number of nitriles is 1. The number of para-hydroxylation sites is 1. The van der Waals surface area contributed by atoms with Gasteiger partial charge in [-0.1, -0.05) is 18.2 Å². The van der Waals surface area contributed by atoms with Crippen LogP contribution in [-0.2, 0) is 0 Å². The second-order valence-electron chi connectivity index (χ2n) is 3.90. The van der Waals surface area contributed by atoms with Crippen molar-refractivity contribution in [2.24, 2.45) is 5.73 Å². The van der Waals surface area contributed by atoms with Gasteiger partial charge in [-0.3, -0.25) is 0 Å². The number of fused-ring (bicyclic) bond motifs is 1. The van der Waals surface area contributed by atoms with E-state index < -0.39 is 18.5 Å². The van der Waals surface area contributed by atoms with Crippen molar-refractivity contribution in [2.45, 2.75) is 18.5 Å². The van der Waals surface area contributed by atoms with Crippen LogP contribution in [0, 0.1) is 11.3 Å². The molecule has 94 valence electrons. The Bertz CT molecular complexity index is 543. The molecule has 0 radical (unpaired) electrons. The summed E-state index contributed by atoms with van der Waals surface area (Å²) in [6, 6.07) is 7.97. The van der Waals surface area contributed by atoms with E-state index >= 15 is 0 Å². The molecule has 18 heavy (non-hydrogen) atoms. The molecule has 1 heterocycles. The molecule has 0 aliphatic carbocycles. The molecule has 0 amide bonds. The SMILES string of the molecule is N#CC1=C(N)Oc2ccccc2C1CC(F)(F)F. The van der Waals surface area contributed by atoms with Crippen molar-refractivity contribution < 1.29 is 17.9 Å². The Morgan fingerprint density at radius 2 is 2.00 bits per heavy atom. The molecule has 1 aliphatic heterocycles. The molecule has 0 spiro atoms. The summed E-state index contributed by atoms with van der Waals surface area (Å²) >= 11 is 0. The monoisotopic (exact) mass is 254 g/mol. The number of hydrogen-bond acceptors (Lipinski definition) is 3. The molecule has 1 unspecified atom stereocenters. The van der Waals surface area contributed by atoms with E-state index in [1.54, 1.807) is 18.2 Å². The molecule has 0 aromatic heterocycles. The number of nitrogens with zero attached hydrogens (tertiary/aromatic N) is 1. The van der Waals surface area contributed by atoms with Crippen LogP contribution in [0.2, 0.25) is 0 Å². The number of ether oxygens (including phenoxy) is 1. The zero-order chi connectivity index (χ0) is 13.3. The van der Waals surface area contributed by atoms with Crippen molar-refractivity contribution in [3.63, 3.8) is 0 Å². The summed E-state index contributed by atoms with van der Waals surface area (Å²) in [5, 5.41) is 8.92. The second kappa shape index (κ2) is 4.26. The first-order valence-electron chi connectivity index (χ1n) is 5.15. The predicted molar refractivity (Wildman–Crippen MR) is 57.3 cm³/mol. The number of alkyl halides is 3. The van der Waals surface area contributed by atoms with Gasteiger partial charge in [0.15, 0.2) is 0 Å². The van der Waals surface area contributed by atoms with Crippen molar-refractivity contribution >= 4 is 0 Å². The van der Waals surface area contributed by atoms with Gasteiger partial charge in [-0.25, -0.2) is 0 Å². The Balaban J connectivity index is 2.49. The molecule has 0 fully saturated rings. The molecular weight excluding hydrogens is 245 g/mol. The van der Waals surface area contributed by atoms with Crippen LogP contribution in [0.5, 0.6) is 5.75 Å². The van der Waals surface area contributed by atoms with E-state index in [2.05, 4.69) is 0 Å². The second-order valence-corrected chi connectivity index (χ2v) is 3.90. The van der Waals surface area contributed by atoms with Gasteiger partial charge in [-0.05, 0) is 6.07 Å². The van der Waals surface area contributed by atoms with Gasteiger partial charge in [0.1, 0.15) is 11.8 Å². The molecule has 1 aliphatic rings. The Labute approximate surface area is 101 Å². The van der Waals surface area contributed by atoms with Crippen LogP contribution in [0.1, 0.15) is 17.9 Å². The first kappa shape index (κ1) is 12.3. The predicted octanol–water partition coefficient (Wildman–Crippen LogP) is 2.81. The van der Waals surface area contributed by atoms with Crippen LogP contribution in [0.25, 0.3) is 0 Å². The quantitative estimate of drug-likeness (QED) is 0.838. The number of nitrogens with two attached hydrogens (primary N) is 1. The van der Waals surface area contributed by atoms with Gasteiger partial charge >= 0.3 is 6.18 Å². The van der Waals surface area contributed by atoms with Crippen LogP contribution in [0.3, 0.4) is 0 Å². The summed E-state index contributed by atoms with van der Waals surface area (Å²) in [5.74, 6) is -1.09. The van der Waals surface area contributed by atoms with E-state index in [0.29, 0.717) is 5.56 Å². The van der Waals surface area contributed by atoms with Gasteiger partial charge in [0, 0.05) is 11.5 Å².